The van der Waals surface area contributed by atoms with Gasteiger partial charge in [-0.25, -0.2) is 14.0 Å². The number of benzene rings is 2. The minimum Gasteiger partial charge on any atom is -0.481 e. The summed E-state index contributed by atoms with van der Waals surface area (Å²) in [7, 11) is -1.47. The third-order valence-electron chi connectivity index (χ3n) is 5.68. The number of carbonyl (C=O) groups excluding carboxylic acids is 1. The maximum absolute atomic E-state index is 13.6. The number of nitrogens with one attached hydrogen (secondary N) is 2. The number of aryl methyl sites for hydroxylation is 1. The third kappa shape index (κ3) is 5.61. The molecule has 2 aromatic heterocycles. The Morgan fingerprint density at radius 2 is 1.89 bits per heavy atom. The Balaban J connectivity index is 1.80. The highest BCUT2D eigenvalue weighted by Crippen LogP contribution is 2.33. The van der Waals surface area contributed by atoms with Gasteiger partial charge in [-0.1, -0.05) is 6.07 Å². The lowest BCUT2D eigenvalue weighted by molar-refractivity contribution is 0.102. The summed E-state index contributed by atoms with van der Waals surface area (Å²) in [6, 6.07) is 16.7. The van der Waals surface area contributed by atoms with Crippen molar-refractivity contribution >= 4 is 21.3 Å². The van der Waals surface area contributed by atoms with Gasteiger partial charge in [0.25, 0.3) is 11.8 Å². The van der Waals surface area contributed by atoms with Gasteiger partial charge in [-0.05, 0) is 67.4 Å². The molecular formula is C27H24N6O4S. The van der Waals surface area contributed by atoms with Crippen molar-refractivity contribution in [2.45, 2.75) is 18.7 Å². The summed E-state index contributed by atoms with van der Waals surface area (Å²) in [5.41, 5.74) is 3.17. The predicted molar refractivity (Wildman–Crippen MR) is 142 cm³/mol. The third-order valence-corrected chi connectivity index (χ3v) is 6.84. The van der Waals surface area contributed by atoms with E-state index in [9.17, 15) is 9.00 Å². The Bertz CT molecular complexity index is 1680. The molecule has 0 unspecified atom stereocenters. The monoisotopic (exact) mass is 528 g/mol. The number of rotatable bonds is 7. The minimum atomic E-state index is -2.98. The molecule has 1 atom stereocenters. The number of nitriles is 1. The highest BCUT2D eigenvalue weighted by molar-refractivity contribution is 7.91. The molecule has 10 nitrogen and oxygen atoms in total. The first-order valence-electron chi connectivity index (χ1n) is 11.3. The van der Waals surface area contributed by atoms with Crippen molar-refractivity contribution < 1.29 is 18.5 Å². The Kier molecular flexibility index (Phi) is 7.36. The maximum atomic E-state index is 13.6. The molecule has 0 aliphatic carbocycles. The Morgan fingerprint density at radius 3 is 2.53 bits per heavy atom. The molecule has 0 fully saturated rings. The standard InChI is InChI=1S/C27H24N6O4S/c1-16-12-18(14-28)8-10-22(16)37-27-24(26(34)31-20-6-5-7-21(13-20)38(4,29)35)17(2)25(32-33-27)19-9-11-23(36-3)30-15-19/h5-13,15,29H,1-4H3,(H,31,34)/t38-/m1/s1. The van der Waals surface area contributed by atoms with Crippen molar-refractivity contribution in [1.82, 2.24) is 15.2 Å². The van der Waals surface area contributed by atoms with E-state index in [1.807, 2.05) is 0 Å². The SMILES string of the molecule is COc1ccc(-c2nnc(Oc3ccc(C#N)cc3C)c(C(=O)Nc3cccc([S@](C)(=N)=O)c3)c2C)cn1. The van der Waals surface area contributed by atoms with Crippen LogP contribution in [-0.2, 0) is 9.73 Å². The lowest BCUT2D eigenvalue weighted by Gasteiger charge is -2.16. The molecule has 0 bridgehead atoms. The molecule has 2 heterocycles. The molecule has 0 saturated heterocycles. The second-order valence-corrected chi connectivity index (χ2v) is 10.6. The highest BCUT2D eigenvalue weighted by atomic mass is 32.2. The highest BCUT2D eigenvalue weighted by Gasteiger charge is 2.24. The number of pyridine rings is 1. The molecular weight excluding hydrogens is 504 g/mol. The van der Waals surface area contributed by atoms with Gasteiger partial charge in [-0.3, -0.25) is 4.79 Å². The molecule has 0 aliphatic heterocycles. The summed E-state index contributed by atoms with van der Waals surface area (Å²) in [6.07, 6.45) is 2.88. The Labute approximate surface area is 220 Å². The van der Waals surface area contributed by atoms with Gasteiger partial charge in [0.1, 0.15) is 11.3 Å². The Hall–Kier alpha value is -4.82. The lowest BCUT2D eigenvalue weighted by atomic mass is 10.0. The topological polar surface area (TPSA) is 151 Å². The van der Waals surface area contributed by atoms with Crippen LogP contribution in [0.4, 0.5) is 5.69 Å². The van der Waals surface area contributed by atoms with Gasteiger partial charge in [-0.15, -0.1) is 10.2 Å². The summed E-state index contributed by atoms with van der Waals surface area (Å²) in [4.78, 5) is 18.1. The molecule has 38 heavy (non-hydrogen) atoms. The van der Waals surface area contributed by atoms with E-state index in [0.29, 0.717) is 45.3 Å². The van der Waals surface area contributed by atoms with Crippen molar-refractivity contribution in [2.75, 3.05) is 18.7 Å². The summed E-state index contributed by atoms with van der Waals surface area (Å²) in [5.74, 6) is 0.267. The van der Waals surface area contributed by atoms with Crippen molar-refractivity contribution in [2.24, 2.45) is 0 Å². The van der Waals surface area contributed by atoms with E-state index in [1.165, 1.54) is 19.4 Å². The van der Waals surface area contributed by atoms with Crippen LogP contribution in [0.5, 0.6) is 17.5 Å². The molecule has 192 valence electrons. The van der Waals surface area contributed by atoms with E-state index in [-0.39, 0.29) is 16.3 Å². The van der Waals surface area contributed by atoms with E-state index in [0.717, 1.165) is 0 Å². The first kappa shape index (κ1) is 26.2. The fraction of sp³-hybridized carbons (Fsp3) is 0.148. The molecule has 0 radical (unpaired) electrons. The molecule has 2 aromatic carbocycles. The fourth-order valence-corrected chi connectivity index (χ4v) is 4.39. The molecule has 4 aromatic rings. The van der Waals surface area contributed by atoms with E-state index in [2.05, 4.69) is 26.6 Å². The van der Waals surface area contributed by atoms with Gasteiger partial charge < -0.3 is 14.8 Å². The van der Waals surface area contributed by atoms with Crippen molar-refractivity contribution in [1.29, 1.82) is 10.0 Å². The lowest BCUT2D eigenvalue weighted by Crippen LogP contribution is -2.17. The van der Waals surface area contributed by atoms with Gasteiger partial charge in [0, 0.05) is 34.7 Å². The smallest absolute Gasteiger partial charge is 0.261 e. The van der Waals surface area contributed by atoms with E-state index in [1.54, 1.807) is 68.6 Å². The van der Waals surface area contributed by atoms with Crippen LogP contribution in [0.2, 0.25) is 0 Å². The van der Waals surface area contributed by atoms with Crippen LogP contribution >= 0.6 is 0 Å². The van der Waals surface area contributed by atoms with Crippen LogP contribution in [-0.4, -0.2) is 38.7 Å². The number of methoxy groups -OCH3 is 1. The molecule has 4 rings (SSSR count). The van der Waals surface area contributed by atoms with Gasteiger partial charge >= 0.3 is 0 Å². The zero-order valence-corrected chi connectivity index (χ0v) is 21.9. The number of aromatic nitrogens is 3. The number of amides is 1. The van der Waals surface area contributed by atoms with Crippen LogP contribution in [0.1, 0.15) is 27.0 Å². The van der Waals surface area contributed by atoms with E-state index >= 15 is 0 Å². The average Bonchev–Trinajstić information content (AvgIpc) is 2.89. The van der Waals surface area contributed by atoms with Crippen molar-refractivity contribution in [3.63, 3.8) is 0 Å². The van der Waals surface area contributed by atoms with E-state index < -0.39 is 15.6 Å². The van der Waals surface area contributed by atoms with Gasteiger partial charge in [-0.2, -0.15) is 5.26 Å². The van der Waals surface area contributed by atoms with E-state index in [4.69, 9.17) is 19.5 Å². The van der Waals surface area contributed by atoms with Crippen LogP contribution in [0, 0.1) is 30.0 Å². The number of nitrogens with zero attached hydrogens (tertiary/aromatic N) is 4. The molecule has 11 heteroatoms. The van der Waals surface area contributed by atoms with Crippen LogP contribution in [0.15, 0.2) is 65.7 Å². The number of ether oxygens (including phenoxy) is 2. The number of hydrogen-bond acceptors (Lipinski definition) is 9. The zero-order chi connectivity index (χ0) is 27.4. The summed E-state index contributed by atoms with van der Waals surface area (Å²) in [5, 5.41) is 20.5. The maximum Gasteiger partial charge on any atom is 0.261 e. The number of hydrogen-bond donors (Lipinski definition) is 2. The number of anilines is 1. The largest absolute Gasteiger partial charge is 0.481 e. The molecule has 0 aliphatic rings. The Morgan fingerprint density at radius 1 is 1.11 bits per heavy atom. The van der Waals surface area contributed by atoms with Crippen molar-refractivity contribution in [3.8, 4) is 34.8 Å². The second-order valence-electron chi connectivity index (χ2n) is 8.46. The van der Waals surface area contributed by atoms with Gasteiger partial charge in [0.05, 0.1) is 34.2 Å². The van der Waals surface area contributed by atoms with Gasteiger partial charge in [0.2, 0.25) is 5.88 Å². The summed E-state index contributed by atoms with van der Waals surface area (Å²) >= 11 is 0. The summed E-state index contributed by atoms with van der Waals surface area (Å²) < 4.78 is 31.2. The van der Waals surface area contributed by atoms with Crippen LogP contribution in [0.25, 0.3) is 11.3 Å². The molecule has 0 saturated carbocycles. The second kappa shape index (κ2) is 10.7. The quantitative estimate of drug-likeness (QED) is 0.336. The molecule has 1 amide bonds. The molecule has 2 N–H and O–H groups in total. The normalized spacial score (nSPS) is 12.2. The van der Waals surface area contributed by atoms with Crippen molar-refractivity contribution in [3.05, 3.63) is 83.0 Å². The van der Waals surface area contributed by atoms with Crippen LogP contribution in [0.3, 0.4) is 0 Å². The first-order chi connectivity index (χ1) is 18.1. The van der Waals surface area contributed by atoms with Crippen LogP contribution < -0.4 is 14.8 Å². The first-order valence-corrected chi connectivity index (χ1v) is 13.3. The zero-order valence-electron chi connectivity index (χ0n) is 21.1. The minimum absolute atomic E-state index is 0.0334. The fourth-order valence-electron chi connectivity index (χ4n) is 3.70. The molecule has 0 spiro atoms. The average molecular weight is 529 g/mol. The van der Waals surface area contributed by atoms with Gasteiger partial charge in [0.15, 0.2) is 0 Å². The summed E-state index contributed by atoms with van der Waals surface area (Å²) in [6.45, 7) is 3.50. The predicted octanol–water partition coefficient (Wildman–Crippen LogP) is 5.12. The number of carbonyl (C=O) groups is 1.